The molecule has 0 aliphatic heterocycles. The Morgan fingerprint density at radius 3 is 2.24 bits per heavy atom. The Kier molecular flexibility index (Phi) is 6.36. The standard InChI is InChI=1S/C27H43F3O3/c1-15(8-13-27(29,30)24(2,3)33)16-6-7-17-22-18(9-11-25(16,17)4)26(5)12-10-21(31)23(32)19(26)14-20(22)28/h15-19,21,23,31-33H,6-14H2,1-5H3/t15-,16-,17+,18+,19?,21+,23?,25-,26-/m1/s1. The summed E-state index contributed by atoms with van der Waals surface area (Å²) in [6.45, 7) is 8.80. The van der Waals surface area contributed by atoms with Crippen molar-refractivity contribution in [3.63, 3.8) is 0 Å². The van der Waals surface area contributed by atoms with Gasteiger partial charge in [0.05, 0.1) is 12.2 Å². The first kappa shape index (κ1) is 25.5. The average Bonchev–Trinajstić information content (AvgIpc) is 3.07. The van der Waals surface area contributed by atoms with Crippen LogP contribution in [0.3, 0.4) is 0 Å². The lowest BCUT2D eigenvalue weighted by atomic mass is 9.47. The quantitative estimate of drug-likeness (QED) is 0.459. The molecule has 9 atom stereocenters. The Morgan fingerprint density at radius 2 is 1.61 bits per heavy atom. The van der Waals surface area contributed by atoms with Gasteiger partial charge in [-0.2, -0.15) is 0 Å². The van der Waals surface area contributed by atoms with Gasteiger partial charge in [0.1, 0.15) is 11.4 Å². The van der Waals surface area contributed by atoms with Gasteiger partial charge in [-0.25, -0.2) is 13.2 Å². The van der Waals surface area contributed by atoms with E-state index < -0.39 is 23.7 Å². The van der Waals surface area contributed by atoms with Gasteiger partial charge in [0.25, 0.3) is 5.92 Å². The fourth-order valence-corrected chi connectivity index (χ4v) is 8.47. The molecule has 0 aromatic heterocycles. The molecule has 0 aromatic rings. The van der Waals surface area contributed by atoms with Crippen LogP contribution in [0.2, 0.25) is 0 Å². The first-order valence-corrected chi connectivity index (χ1v) is 13.0. The van der Waals surface area contributed by atoms with Crippen molar-refractivity contribution in [1.29, 1.82) is 0 Å². The van der Waals surface area contributed by atoms with Crippen LogP contribution in [0.1, 0.15) is 92.4 Å². The number of halogens is 3. The maximum Gasteiger partial charge on any atom is 0.275 e. The van der Waals surface area contributed by atoms with Gasteiger partial charge in [0.2, 0.25) is 0 Å². The molecular weight excluding hydrogens is 429 g/mol. The molecule has 3 saturated carbocycles. The molecule has 0 saturated heterocycles. The van der Waals surface area contributed by atoms with Gasteiger partial charge in [-0.15, -0.1) is 0 Å². The van der Waals surface area contributed by atoms with Crippen molar-refractivity contribution in [3.05, 3.63) is 11.4 Å². The minimum absolute atomic E-state index is 0.0759. The minimum Gasteiger partial charge on any atom is -0.390 e. The zero-order valence-corrected chi connectivity index (χ0v) is 20.9. The van der Waals surface area contributed by atoms with E-state index >= 15 is 4.39 Å². The third-order valence-corrected chi connectivity index (χ3v) is 10.8. The highest BCUT2D eigenvalue weighted by Crippen LogP contribution is 2.68. The van der Waals surface area contributed by atoms with Crippen molar-refractivity contribution in [2.24, 2.45) is 40.4 Å². The van der Waals surface area contributed by atoms with E-state index in [1.807, 2.05) is 6.92 Å². The van der Waals surface area contributed by atoms with Crippen molar-refractivity contribution in [3.8, 4) is 0 Å². The Labute approximate surface area is 196 Å². The van der Waals surface area contributed by atoms with Crippen molar-refractivity contribution < 1.29 is 28.5 Å². The molecule has 0 radical (unpaired) electrons. The summed E-state index contributed by atoms with van der Waals surface area (Å²) in [4.78, 5) is 0. The zero-order chi connectivity index (χ0) is 24.6. The highest BCUT2D eigenvalue weighted by atomic mass is 19.3. The second-order valence-corrected chi connectivity index (χ2v) is 12.9. The molecular formula is C27H43F3O3. The lowest BCUT2D eigenvalue weighted by Gasteiger charge is -2.59. The lowest BCUT2D eigenvalue weighted by molar-refractivity contribution is -0.168. The van der Waals surface area contributed by atoms with Crippen molar-refractivity contribution >= 4 is 0 Å². The maximum absolute atomic E-state index is 15.7. The van der Waals surface area contributed by atoms with Crippen LogP contribution in [0.15, 0.2) is 11.4 Å². The van der Waals surface area contributed by atoms with Gasteiger partial charge in [0.15, 0.2) is 0 Å². The van der Waals surface area contributed by atoms with Crippen LogP contribution in [0.4, 0.5) is 13.2 Å². The van der Waals surface area contributed by atoms with E-state index in [1.54, 1.807) is 0 Å². The maximum atomic E-state index is 15.7. The molecule has 0 spiro atoms. The fourth-order valence-electron chi connectivity index (χ4n) is 8.47. The van der Waals surface area contributed by atoms with E-state index in [4.69, 9.17) is 0 Å². The third kappa shape index (κ3) is 3.91. The average molecular weight is 473 g/mol. The van der Waals surface area contributed by atoms with Crippen LogP contribution in [0.25, 0.3) is 0 Å². The summed E-state index contributed by atoms with van der Waals surface area (Å²) >= 11 is 0. The molecule has 0 heterocycles. The molecule has 3 nitrogen and oxygen atoms in total. The van der Waals surface area contributed by atoms with E-state index in [1.165, 1.54) is 13.8 Å². The molecule has 0 amide bonds. The molecule has 3 fully saturated rings. The Morgan fingerprint density at radius 1 is 1.00 bits per heavy atom. The monoisotopic (exact) mass is 472 g/mol. The number of rotatable bonds is 5. The van der Waals surface area contributed by atoms with Crippen LogP contribution in [-0.4, -0.2) is 39.1 Å². The second kappa shape index (κ2) is 8.23. The summed E-state index contributed by atoms with van der Waals surface area (Å²) in [5, 5.41) is 30.7. The highest BCUT2D eigenvalue weighted by Gasteiger charge is 2.61. The van der Waals surface area contributed by atoms with Crippen LogP contribution >= 0.6 is 0 Å². The first-order valence-electron chi connectivity index (χ1n) is 13.0. The fraction of sp³-hybridized carbons (Fsp3) is 0.926. The molecule has 0 bridgehead atoms. The third-order valence-electron chi connectivity index (χ3n) is 10.8. The Bertz CT molecular complexity index is 790. The SMILES string of the molecule is C[C@H](CCC(F)(F)C(C)(C)O)[C@H]1CC[C@H]2C3=C(F)CC4C(O)[C@@H](O)CC[C@]4(C)[C@H]3CC[C@]12C. The predicted molar refractivity (Wildman–Crippen MR) is 122 cm³/mol. The Hall–Kier alpha value is -0.590. The molecule has 190 valence electrons. The number of aliphatic hydroxyl groups is 3. The lowest BCUT2D eigenvalue weighted by Crippen LogP contribution is -2.55. The van der Waals surface area contributed by atoms with Crippen LogP contribution < -0.4 is 0 Å². The molecule has 3 N–H and O–H groups in total. The molecule has 4 rings (SSSR count). The van der Waals surface area contributed by atoms with Gasteiger partial charge in [-0.05, 0) is 105 Å². The van der Waals surface area contributed by atoms with Gasteiger partial charge in [0, 0.05) is 12.8 Å². The van der Waals surface area contributed by atoms with Crippen molar-refractivity contribution in [2.75, 3.05) is 0 Å². The van der Waals surface area contributed by atoms with Crippen molar-refractivity contribution in [2.45, 2.75) is 116 Å². The van der Waals surface area contributed by atoms with Crippen LogP contribution in [0.5, 0.6) is 0 Å². The summed E-state index contributed by atoms with van der Waals surface area (Å²) in [6, 6.07) is 0. The minimum atomic E-state index is -3.13. The molecule has 33 heavy (non-hydrogen) atoms. The topological polar surface area (TPSA) is 60.7 Å². The predicted octanol–water partition coefficient (Wildman–Crippen LogP) is 6.02. The molecule has 4 aliphatic rings. The number of alkyl halides is 2. The number of hydrogen-bond donors (Lipinski definition) is 3. The number of hydrogen-bond acceptors (Lipinski definition) is 3. The normalized spacial score (nSPS) is 44.8. The number of fused-ring (bicyclic) bond motifs is 5. The summed E-state index contributed by atoms with van der Waals surface area (Å²) < 4.78 is 44.5. The van der Waals surface area contributed by atoms with Crippen LogP contribution in [-0.2, 0) is 0 Å². The van der Waals surface area contributed by atoms with E-state index in [-0.39, 0.29) is 59.1 Å². The van der Waals surface area contributed by atoms with E-state index in [2.05, 4.69) is 13.8 Å². The largest absolute Gasteiger partial charge is 0.390 e. The van der Waals surface area contributed by atoms with Gasteiger partial charge in [-0.3, -0.25) is 0 Å². The van der Waals surface area contributed by atoms with Gasteiger partial charge in [-0.1, -0.05) is 20.8 Å². The summed E-state index contributed by atoms with van der Waals surface area (Å²) in [5.74, 6) is -2.93. The van der Waals surface area contributed by atoms with Gasteiger partial charge < -0.3 is 15.3 Å². The summed E-state index contributed by atoms with van der Waals surface area (Å²) in [7, 11) is 0. The van der Waals surface area contributed by atoms with E-state index in [9.17, 15) is 24.1 Å². The zero-order valence-electron chi connectivity index (χ0n) is 20.9. The summed E-state index contributed by atoms with van der Waals surface area (Å²) in [6.07, 6.45) is 3.51. The highest BCUT2D eigenvalue weighted by molar-refractivity contribution is 5.31. The number of aliphatic hydroxyl groups excluding tert-OH is 2. The molecule has 0 aromatic carbocycles. The summed E-state index contributed by atoms with van der Waals surface area (Å²) in [5.41, 5.74) is -1.40. The smallest absolute Gasteiger partial charge is 0.275 e. The second-order valence-electron chi connectivity index (χ2n) is 12.9. The first-order chi connectivity index (χ1) is 15.1. The van der Waals surface area contributed by atoms with Crippen LogP contribution in [0, 0.1) is 40.4 Å². The van der Waals surface area contributed by atoms with E-state index in [0.29, 0.717) is 12.8 Å². The Balaban J connectivity index is 1.56. The molecule has 4 aliphatic carbocycles. The number of allylic oxidation sites excluding steroid dienone is 2. The van der Waals surface area contributed by atoms with Gasteiger partial charge >= 0.3 is 0 Å². The molecule has 2 unspecified atom stereocenters. The molecule has 6 heteroatoms. The van der Waals surface area contributed by atoms with E-state index in [0.717, 1.165) is 37.7 Å². The van der Waals surface area contributed by atoms with Crippen molar-refractivity contribution in [1.82, 2.24) is 0 Å².